The van der Waals surface area contributed by atoms with Crippen molar-refractivity contribution in [1.29, 1.82) is 0 Å². The molecule has 0 heterocycles. The molecule has 0 radical (unpaired) electrons. The van der Waals surface area contributed by atoms with Crippen molar-refractivity contribution in [2.45, 2.75) is 39.0 Å². The Kier molecular flexibility index (Phi) is 3.69. The lowest BCUT2D eigenvalue weighted by molar-refractivity contribution is -0.151. The molecule has 1 saturated carbocycles. The van der Waals surface area contributed by atoms with E-state index in [0.717, 1.165) is 18.4 Å². The highest BCUT2D eigenvalue weighted by Gasteiger charge is 2.41. The molecule has 1 aliphatic rings. The minimum absolute atomic E-state index is 0.294. The summed E-state index contributed by atoms with van der Waals surface area (Å²) in [6.45, 7) is 2.16. The molecule has 0 atom stereocenters. The monoisotopic (exact) mass is 250 g/mol. The fourth-order valence-corrected chi connectivity index (χ4v) is 2.82. The van der Waals surface area contributed by atoms with Crippen LogP contribution in [-0.2, 0) is 11.2 Å². The third kappa shape index (κ3) is 2.71. The average Bonchev–Trinajstić information content (AvgIpc) is 2.32. The fourth-order valence-electron chi connectivity index (χ4n) is 2.82. The van der Waals surface area contributed by atoms with Crippen molar-refractivity contribution < 1.29 is 14.3 Å². The van der Waals surface area contributed by atoms with E-state index in [4.69, 9.17) is 0 Å². The van der Waals surface area contributed by atoms with Gasteiger partial charge in [0.1, 0.15) is 5.82 Å². The highest BCUT2D eigenvalue weighted by atomic mass is 19.1. The van der Waals surface area contributed by atoms with Gasteiger partial charge in [-0.15, -0.1) is 0 Å². The number of carboxylic acids is 1. The zero-order valence-electron chi connectivity index (χ0n) is 10.7. The van der Waals surface area contributed by atoms with Crippen molar-refractivity contribution >= 4 is 5.97 Å². The number of aliphatic carboxylic acids is 1. The van der Waals surface area contributed by atoms with Crippen molar-refractivity contribution in [3.8, 4) is 0 Å². The second kappa shape index (κ2) is 5.09. The molecular formula is C15H19FO2. The largest absolute Gasteiger partial charge is 0.481 e. The zero-order valence-corrected chi connectivity index (χ0v) is 10.7. The topological polar surface area (TPSA) is 37.3 Å². The van der Waals surface area contributed by atoms with Gasteiger partial charge in [0.15, 0.2) is 0 Å². The smallest absolute Gasteiger partial charge is 0.309 e. The summed E-state index contributed by atoms with van der Waals surface area (Å²) in [6.07, 6.45) is 3.72. The van der Waals surface area contributed by atoms with Crippen LogP contribution in [0, 0.1) is 17.2 Å². The highest BCUT2D eigenvalue weighted by Crippen LogP contribution is 2.41. The lowest BCUT2D eigenvalue weighted by atomic mass is 9.68. The molecule has 2 nitrogen and oxygen atoms in total. The molecule has 1 aromatic rings. The van der Waals surface area contributed by atoms with E-state index in [9.17, 15) is 14.3 Å². The van der Waals surface area contributed by atoms with Gasteiger partial charge in [0.25, 0.3) is 0 Å². The van der Waals surface area contributed by atoms with Crippen molar-refractivity contribution in [1.82, 2.24) is 0 Å². The second-order valence-corrected chi connectivity index (χ2v) is 5.57. The maximum atomic E-state index is 13.2. The lowest BCUT2D eigenvalue weighted by Gasteiger charge is -2.36. The molecule has 1 aromatic carbocycles. The quantitative estimate of drug-likeness (QED) is 0.889. The second-order valence-electron chi connectivity index (χ2n) is 5.57. The number of halogens is 1. The molecule has 1 N–H and O–H groups in total. The third-order valence-corrected chi connectivity index (χ3v) is 4.12. The number of hydrogen-bond donors (Lipinski definition) is 1. The van der Waals surface area contributed by atoms with Gasteiger partial charge in [-0.25, -0.2) is 4.39 Å². The minimum atomic E-state index is -0.737. The molecule has 0 unspecified atom stereocenters. The number of carboxylic acid groups (broad SMARTS) is 1. The first-order valence-electron chi connectivity index (χ1n) is 6.50. The van der Waals surface area contributed by atoms with Crippen LogP contribution in [0.3, 0.4) is 0 Å². The van der Waals surface area contributed by atoms with Gasteiger partial charge in [-0.2, -0.15) is 0 Å². The Morgan fingerprint density at radius 3 is 2.67 bits per heavy atom. The van der Waals surface area contributed by atoms with Gasteiger partial charge < -0.3 is 5.11 Å². The molecule has 2 rings (SSSR count). The summed E-state index contributed by atoms with van der Waals surface area (Å²) < 4.78 is 13.2. The lowest BCUT2D eigenvalue weighted by Crippen LogP contribution is -2.37. The predicted octanol–water partition coefficient (Wildman–Crippen LogP) is 3.65. The van der Waals surface area contributed by atoms with E-state index in [0.29, 0.717) is 25.2 Å². The van der Waals surface area contributed by atoms with Crippen LogP contribution in [0.5, 0.6) is 0 Å². The summed E-state index contributed by atoms with van der Waals surface area (Å²) >= 11 is 0. The number of benzene rings is 1. The number of hydrogen-bond acceptors (Lipinski definition) is 1. The summed E-state index contributed by atoms with van der Waals surface area (Å²) in [5.41, 5.74) is 0.0901. The van der Waals surface area contributed by atoms with Crippen LogP contribution in [0.2, 0.25) is 0 Å². The summed E-state index contributed by atoms with van der Waals surface area (Å²) in [5, 5.41) is 9.51. The molecular weight excluding hydrogens is 231 g/mol. The van der Waals surface area contributed by atoms with Gasteiger partial charge >= 0.3 is 5.97 Å². The van der Waals surface area contributed by atoms with Gasteiger partial charge in [-0.05, 0) is 55.7 Å². The Hall–Kier alpha value is -1.38. The minimum Gasteiger partial charge on any atom is -0.481 e. The molecule has 98 valence electrons. The zero-order chi connectivity index (χ0) is 13.2. The molecule has 0 aliphatic heterocycles. The highest BCUT2D eigenvalue weighted by molar-refractivity contribution is 5.75. The van der Waals surface area contributed by atoms with E-state index in [-0.39, 0.29) is 5.82 Å². The van der Waals surface area contributed by atoms with Gasteiger partial charge in [-0.3, -0.25) is 4.79 Å². The van der Waals surface area contributed by atoms with Crippen LogP contribution < -0.4 is 0 Å². The predicted molar refractivity (Wildman–Crippen MR) is 67.8 cm³/mol. The maximum absolute atomic E-state index is 13.2. The Morgan fingerprint density at radius 1 is 1.44 bits per heavy atom. The van der Waals surface area contributed by atoms with E-state index in [1.807, 2.05) is 6.07 Å². The first kappa shape index (κ1) is 13.1. The normalized spacial score (nSPS) is 28.0. The van der Waals surface area contributed by atoms with Gasteiger partial charge in [0, 0.05) is 0 Å². The SMILES string of the molecule is CC1CCC(Cc2cccc(F)c2)(C(=O)O)CC1. The Morgan fingerprint density at radius 2 is 2.11 bits per heavy atom. The molecule has 18 heavy (non-hydrogen) atoms. The fraction of sp³-hybridized carbons (Fsp3) is 0.533. The van der Waals surface area contributed by atoms with E-state index >= 15 is 0 Å². The molecule has 0 aromatic heterocycles. The van der Waals surface area contributed by atoms with E-state index in [1.165, 1.54) is 12.1 Å². The van der Waals surface area contributed by atoms with Crippen LogP contribution in [0.1, 0.15) is 38.2 Å². The Bertz CT molecular complexity index is 434. The van der Waals surface area contributed by atoms with E-state index in [1.54, 1.807) is 6.07 Å². The first-order chi connectivity index (χ1) is 8.52. The van der Waals surface area contributed by atoms with Gasteiger partial charge in [-0.1, -0.05) is 19.1 Å². The van der Waals surface area contributed by atoms with Crippen molar-refractivity contribution in [3.05, 3.63) is 35.6 Å². The van der Waals surface area contributed by atoms with Crippen molar-refractivity contribution in [2.75, 3.05) is 0 Å². The van der Waals surface area contributed by atoms with E-state index < -0.39 is 11.4 Å². The van der Waals surface area contributed by atoms with Crippen LogP contribution in [0.15, 0.2) is 24.3 Å². The molecule has 0 amide bonds. The number of rotatable bonds is 3. The summed E-state index contributed by atoms with van der Waals surface area (Å²) in [4.78, 5) is 11.6. The average molecular weight is 250 g/mol. The Labute approximate surface area is 107 Å². The maximum Gasteiger partial charge on any atom is 0.309 e. The van der Waals surface area contributed by atoms with Crippen LogP contribution in [0.25, 0.3) is 0 Å². The first-order valence-corrected chi connectivity index (χ1v) is 6.50. The molecule has 1 fully saturated rings. The van der Waals surface area contributed by atoms with Crippen LogP contribution in [-0.4, -0.2) is 11.1 Å². The third-order valence-electron chi connectivity index (χ3n) is 4.12. The molecule has 1 aliphatic carbocycles. The summed E-state index contributed by atoms with van der Waals surface area (Å²) in [6, 6.07) is 6.29. The summed E-state index contributed by atoms with van der Waals surface area (Å²) in [5.74, 6) is -0.430. The Balaban J connectivity index is 2.19. The van der Waals surface area contributed by atoms with Gasteiger partial charge in [0.2, 0.25) is 0 Å². The number of carbonyl (C=O) groups is 1. The van der Waals surface area contributed by atoms with Crippen molar-refractivity contribution in [3.63, 3.8) is 0 Å². The van der Waals surface area contributed by atoms with Crippen LogP contribution in [0.4, 0.5) is 4.39 Å². The molecule has 0 saturated heterocycles. The van der Waals surface area contributed by atoms with Crippen molar-refractivity contribution in [2.24, 2.45) is 11.3 Å². The molecule has 0 bridgehead atoms. The summed E-state index contributed by atoms with van der Waals surface area (Å²) in [7, 11) is 0. The van der Waals surface area contributed by atoms with Crippen LogP contribution >= 0.6 is 0 Å². The molecule has 3 heteroatoms. The van der Waals surface area contributed by atoms with E-state index in [2.05, 4.69) is 6.92 Å². The van der Waals surface area contributed by atoms with Gasteiger partial charge in [0.05, 0.1) is 5.41 Å². The molecule has 0 spiro atoms. The standard InChI is InChI=1S/C15H19FO2/c1-11-5-7-15(8-6-11,14(17)18)10-12-3-2-4-13(16)9-12/h2-4,9,11H,5-8,10H2,1H3,(H,17,18).